The zero-order valence-electron chi connectivity index (χ0n) is 11.6. The molecule has 2 saturated heterocycles. The smallest absolute Gasteiger partial charge is 0.0960 e. The van der Waals surface area contributed by atoms with Crippen molar-refractivity contribution in [3.05, 3.63) is 16.1 Å². The molecule has 1 aromatic rings. The van der Waals surface area contributed by atoms with Gasteiger partial charge in [-0.05, 0) is 45.6 Å². The Morgan fingerprint density at radius 3 is 2.68 bits per heavy atom. The van der Waals surface area contributed by atoms with E-state index in [2.05, 4.69) is 23.5 Å². The molecule has 2 atom stereocenters. The summed E-state index contributed by atoms with van der Waals surface area (Å²) >= 11 is 1.95. The van der Waals surface area contributed by atoms with Crippen molar-refractivity contribution >= 4 is 11.3 Å². The van der Waals surface area contributed by atoms with Gasteiger partial charge in [-0.15, -0.1) is 11.3 Å². The van der Waals surface area contributed by atoms with Crippen molar-refractivity contribution in [1.29, 1.82) is 0 Å². The summed E-state index contributed by atoms with van der Waals surface area (Å²) in [6, 6.07) is 2.44. The van der Waals surface area contributed by atoms with Gasteiger partial charge in [0.15, 0.2) is 0 Å². The molecule has 19 heavy (non-hydrogen) atoms. The van der Waals surface area contributed by atoms with Gasteiger partial charge < -0.3 is 10.2 Å². The molecule has 104 valence electrons. The summed E-state index contributed by atoms with van der Waals surface area (Å²) in [4.78, 5) is 8.75. The number of fused-ring (bicyclic) bond motifs is 2. The lowest BCUT2D eigenvalue weighted by molar-refractivity contribution is 0.161. The number of rotatable bonds is 4. The van der Waals surface area contributed by atoms with E-state index in [-0.39, 0.29) is 0 Å². The van der Waals surface area contributed by atoms with E-state index in [1.165, 1.54) is 48.4 Å². The van der Waals surface area contributed by atoms with Gasteiger partial charge in [-0.3, -0.25) is 0 Å². The largest absolute Gasteiger partial charge is 0.309 e. The van der Waals surface area contributed by atoms with E-state index in [0.717, 1.165) is 30.6 Å². The number of thiazole rings is 1. The first-order valence-corrected chi connectivity index (χ1v) is 8.51. The van der Waals surface area contributed by atoms with Crippen molar-refractivity contribution in [2.75, 3.05) is 7.05 Å². The first-order valence-electron chi connectivity index (χ1n) is 7.69. The second kappa shape index (κ2) is 4.83. The second-order valence-electron chi connectivity index (χ2n) is 6.54. The van der Waals surface area contributed by atoms with Gasteiger partial charge in [-0.2, -0.15) is 0 Å². The first-order chi connectivity index (χ1) is 9.29. The van der Waals surface area contributed by atoms with Gasteiger partial charge in [0.2, 0.25) is 0 Å². The highest BCUT2D eigenvalue weighted by Crippen LogP contribution is 2.42. The van der Waals surface area contributed by atoms with E-state index in [9.17, 15) is 0 Å². The zero-order chi connectivity index (χ0) is 12.8. The summed E-state index contributed by atoms with van der Waals surface area (Å²) in [5.74, 6) is 0.730. The SMILES string of the molecule is CN1C2CCC1CC(c1ncc(CNC3CC3)s1)C2. The molecule has 2 unspecified atom stereocenters. The topological polar surface area (TPSA) is 28.2 Å². The number of hydrogen-bond acceptors (Lipinski definition) is 4. The highest BCUT2D eigenvalue weighted by molar-refractivity contribution is 7.11. The highest BCUT2D eigenvalue weighted by atomic mass is 32.1. The number of nitrogens with zero attached hydrogens (tertiary/aromatic N) is 2. The Morgan fingerprint density at radius 2 is 2.00 bits per heavy atom. The van der Waals surface area contributed by atoms with Gasteiger partial charge in [0.05, 0.1) is 5.01 Å². The van der Waals surface area contributed by atoms with Crippen LogP contribution in [0.2, 0.25) is 0 Å². The van der Waals surface area contributed by atoms with E-state index in [1.54, 1.807) is 0 Å². The lowest BCUT2D eigenvalue weighted by Crippen LogP contribution is -2.39. The van der Waals surface area contributed by atoms with Crippen molar-refractivity contribution < 1.29 is 0 Å². The Hall–Kier alpha value is -0.450. The van der Waals surface area contributed by atoms with E-state index in [4.69, 9.17) is 4.98 Å². The molecule has 3 heterocycles. The summed E-state index contributed by atoms with van der Waals surface area (Å²) in [7, 11) is 2.31. The molecule has 1 saturated carbocycles. The molecule has 3 aliphatic rings. The maximum Gasteiger partial charge on any atom is 0.0960 e. The van der Waals surface area contributed by atoms with Crippen molar-refractivity contribution in [3.63, 3.8) is 0 Å². The van der Waals surface area contributed by atoms with Crippen LogP contribution < -0.4 is 5.32 Å². The summed E-state index contributed by atoms with van der Waals surface area (Å²) in [5, 5.41) is 4.99. The molecule has 0 aromatic carbocycles. The predicted molar refractivity (Wildman–Crippen MR) is 78.5 cm³/mol. The van der Waals surface area contributed by atoms with Gasteiger partial charge in [0.1, 0.15) is 0 Å². The minimum absolute atomic E-state index is 0.730. The number of aromatic nitrogens is 1. The Kier molecular flexibility index (Phi) is 3.13. The minimum Gasteiger partial charge on any atom is -0.309 e. The molecule has 4 rings (SSSR count). The van der Waals surface area contributed by atoms with Crippen molar-refractivity contribution in [2.45, 2.75) is 69.1 Å². The molecule has 1 aromatic heterocycles. The molecule has 3 nitrogen and oxygen atoms in total. The van der Waals surface area contributed by atoms with Crippen LogP contribution in [-0.4, -0.2) is 35.1 Å². The molecule has 1 N–H and O–H groups in total. The standard InChI is InChI=1S/C15H23N3S/c1-18-12-4-5-13(18)7-10(6-12)15-17-9-14(19-15)8-16-11-2-3-11/h9-13,16H,2-8H2,1H3. The van der Waals surface area contributed by atoms with E-state index >= 15 is 0 Å². The van der Waals surface area contributed by atoms with E-state index < -0.39 is 0 Å². The number of piperidine rings is 1. The third-order valence-corrected chi connectivity index (χ3v) is 6.32. The average Bonchev–Trinajstić information content (AvgIpc) is 3.10. The maximum atomic E-state index is 4.72. The molecular formula is C15H23N3S. The molecule has 3 fully saturated rings. The fraction of sp³-hybridized carbons (Fsp3) is 0.800. The lowest BCUT2D eigenvalue weighted by atomic mass is 9.92. The minimum atomic E-state index is 0.730. The van der Waals surface area contributed by atoms with Crippen LogP contribution in [0.4, 0.5) is 0 Å². The molecule has 2 bridgehead atoms. The fourth-order valence-corrected chi connectivity index (χ4v) is 4.73. The van der Waals surface area contributed by atoms with Gasteiger partial charge in [0.25, 0.3) is 0 Å². The Labute approximate surface area is 119 Å². The molecule has 1 aliphatic carbocycles. The van der Waals surface area contributed by atoms with Crippen molar-refractivity contribution in [1.82, 2.24) is 15.2 Å². The fourth-order valence-electron chi connectivity index (χ4n) is 3.74. The van der Waals surface area contributed by atoms with Gasteiger partial charge in [-0.25, -0.2) is 4.98 Å². The van der Waals surface area contributed by atoms with Crippen LogP contribution in [0.1, 0.15) is 54.3 Å². The van der Waals surface area contributed by atoms with Crippen molar-refractivity contribution in [3.8, 4) is 0 Å². The van der Waals surface area contributed by atoms with Crippen LogP contribution in [0.5, 0.6) is 0 Å². The van der Waals surface area contributed by atoms with Crippen LogP contribution in [-0.2, 0) is 6.54 Å². The third kappa shape index (κ3) is 2.46. The van der Waals surface area contributed by atoms with Gasteiger partial charge in [-0.1, -0.05) is 0 Å². The summed E-state index contributed by atoms with van der Waals surface area (Å²) in [6.45, 7) is 1.03. The Balaban J connectivity index is 1.41. The Morgan fingerprint density at radius 1 is 1.26 bits per heavy atom. The van der Waals surface area contributed by atoms with Gasteiger partial charge >= 0.3 is 0 Å². The lowest BCUT2D eigenvalue weighted by Gasteiger charge is -2.35. The van der Waals surface area contributed by atoms with Crippen LogP contribution in [0, 0.1) is 0 Å². The third-order valence-electron chi connectivity index (χ3n) is 5.16. The van der Waals surface area contributed by atoms with Crippen LogP contribution in [0.3, 0.4) is 0 Å². The highest BCUT2D eigenvalue weighted by Gasteiger charge is 2.39. The quantitative estimate of drug-likeness (QED) is 0.917. The first kappa shape index (κ1) is 12.3. The summed E-state index contributed by atoms with van der Waals surface area (Å²) in [5.41, 5.74) is 0. The molecular weight excluding hydrogens is 254 g/mol. The zero-order valence-corrected chi connectivity index (χ0v) is 12.5. The molecule has 0 amide bonds. The molecule has 0 spiro atoms. The second-order valence-corrected chi connectivity index (χ2v) is 7.69. The summed E-state index contributed by atoms with van der Waals surface area (Å²) in [6.07, 6.45) is 10.3. The van der Waals surface area contributed by atoms with E-state index in [1.807, 2.05) is 11.3 Å². The van der Waals surface area contributed by atoms with Gasteiger partial charge in [0, 0.05) is 41.7 Å². The number of hydrogen-bond donors (Lipinski definition) is 1. The van der Waals surface area contributed by atoms with Crippen LogP contribution in [0.25, 0.3) is 0 Å². The van der Waals surface area contributed by atoms with E-state index in [0.29, 0.717) is 0 Å². The normalized spacial score (nSPS) is 34.9. The molecule has 4 heteroatoms. The Bertz CT molecular complexity index is 440. The maximum absolute atomic E-state index is 4.72. The van der Waals surface area contributed by atoms with Crippen LogP contribution >= 0.6 is 11.3 Å². The van der Waals surface area contributed by atoms with Crippen molar-refractivity contribution in [2.24, 2.45) is 0 Å². The number of nitrogens with one attached hydrogen (secondary N) is 1. The summed E-state index contributed by atoms with van der Waals surface area (Å²) < 4.78 is 0. The average molecular weight is 277 g/mol. The van der Waals surface area contributed by atoms with Crippen LogP contribution in [0.15, 0.2) is 6.20 Å². The molecule has 2 aliphatic heterocycles. The monoisotopic (exact) mass is 277 g/mol. The predicted octanol–water partition coefficient (Wildman–Crippen LogP) is 2.74. The molecule has 0 radical (unpaired) electrons.